The summed E-state index contributed by atoms with van der Waals surface area (Å²) in [6.45, 7) is 6.84. The van der Waals surface area contributed by atoms with E-state index < -0.39 is 8.24 Å². The van der Waals surface area contributed by atoms with Crippen molar-refractivity contribution in [2.45, 2.75) is 19.6 Å². The zero-order chi connectivity index (χ0) is 13.5. The third kappa shape index (κ3) is 2.58. The zero-order valence-corrected chi connectivity index (χ0v) is 12.4. The van der Waals surface area contributed by atoms with Crippen LogP contribution in [0.3, 0.4) is 0 Å². The van der Waals surface area contributed by atoms with Crippen molar-refractivity contribution in [2.24, 2.45) is 0 Å². The molecule has 0 saturated heterocycles. The quantitative estimate of drug-likeness (QED) is 0.562. The van der Waals surface area contributed by atoms with Gasteiger partial charge in [-0.15, -0.1) is 0 Å². The van der Waals surface area contributed by atoms with Crippen LogP contribution in [-0.4, -0.2) is 18.2 Å². The molecule has 0 spiro atoms. The number of hydrogen-bond acceptors (Lipinski definition) is 3. The lowest BCUT2D eigenvalue weighted by molar-refractivity contribution is 1.39. The molecule has 1 N–H and O–H groups in total. The molecule has 3 aromatic rings. The summed E-state index contributed by atoms with van der Waals surface area (Å²) in [7, 11) is -1.34. The molecule has 2 aromatic carbocycles. The van der Waals surface area contributed by atoms with E-state index >= 15 is 0 Å². The number of hydrogen-bond donors (Lipinski definition) is 1. The molecule has 0 fully saturated rings. The van der Waals surface area contributed by atoms with E-state index in [9.17, 15) is 0 Å². The van der Waals surface area contributed by atoms with Crippen molar-refractivity contribution in [3.05, 3.63) is 42.5 Å². The first-order valence-electron chi connectivity index (χ1n) is 6.46. The second-order valence-electron chi connectivity index (χ2n) is 5.79. The molecule has 0 aliphatic heterocycles. The number of fused-ring (bicyclic) bond motifs is 2. The molecule has 0 bridgehead atoms. The molecule has 1 heterocycles. The van der Waals surface area contributed by atoms with Crippen LogP contribution < -0.4 is 4.98 Å². The Labute approximate surface area is 113 Å². The lowest BCUT2D eigenvalue weighted by Gasteiger charge is -2.19. The highest BCUT2D eigenvalue weighted by Gasteiger charge is 2.13. The van der Waals surface area contributed by atoms with E-state index in [-0.39, 0.29) is 0 Å². The molecule has 96 valence electrons. The van der Waals surface area contributed by atoms with Gasteiger partial charge in [-0.25, -0.2) is 9.97 Å². The van der Waals surface area contributed by atoms with Crippen molar-refractivity contribution >= 4 is 36.0 Å². The second kappa shape index (κ2) is 4.31. The minimum atomic E-state index is -1.34. The fraction of sp³-hybridized carbons (Fsp3) is 0.200. The van der Waals surface area contributed by atoms with Crippen molar-refractivity contribution in [3.63, 3.8) is 0 Å². The molecule has 19 heavy (non-hydrogen) atoms. The average Bonchev–Trinajstić information content (AvgIpc) is 2.34. The van der Waals surface area contributed by atoms with Gasteiger partial charge >= 0.3 is 0 Å². The van der Waals surface area contributed by atoms with Gasteiger partial charge in [0.25, 0.3) is 0 Å². The molecule has 0 aliphatic rings. The molecule has 0 aliphatic carbocycles. The van der Waals surface area contributed by atoms with Crippen LogP contribution in [0.4, 0.5) is 5.69 Å². The minimum Gasteiger partial charge on any atom is -0.411 e. The summed E-state index contributed by atoms with van der Waals surface area (Å²) in [4.78, 5) is 12.9. The van der Waals surface area contributed by atoms with Gasteiger partial charge in [-0.3, -0.25) is 0 Å². The number of anilines is 1. The maximum Gasteiger partial charge on any atom is 0.144 e. The third-order valence-electron chi connectivity index (χ3n) is 2.86. The predicted octanol–water partition coefficient (Wildman–Crippen LogP) is 4.03. The summed E-state index contributed by atoms with van der Waals surface area (Å²) in [5.41, 5.74) is 4.92. The fourth-order valence-electron chi connectivity index (χ4n) is 2.13. The second-order valence-corrected chi connectivity index (χ2v) is 10.5. The van der Waals surface area contributed by atoms with Crippen molar-refractivity contribution in [1.29, 1.82) is 0 Å². The molecule has 1 aromatic heterocycles. The van der Waals surface area contributed by atoms with Crippen LogP contribution in [0.25, 0.3) is 22.1 Å². The molecule has 3 rings (SSSR count). The normalized spacial score (nSPS) is 11.9. The molecule has 0 radical (unpaired) electrons. The van der Waals surface area contributed by atoms with E-state index in [1.54, 1.807) is 0 Å². The summed E-state index contributed by atoms with van der Waals surface area (Å²) >= 11 is 0. The lowest BCUT2D eigenvalue weighted by atomic mass is 10.2. The monoisotopic (exact) mass is 267 g/mol. The molecule has 0 unspecified atom stereocenters. The van der Waals surface area contributed by atoms with Crippen LogP contribution in [0, 0.1) is 0 Å². The van der Waals surface area contributed by atoms with Crippen molar-refractivity contribution in [2.75, 3.05) is 4.98 Å². The van der Waals surface area contributed by atoms with Gasteiger partial charge in [-0.1, -0.05) is 31.8 Å². The van der Waals surface area contributed by atoms with Crippen LogP contribution in [0.5, 0.6) is 0 Å². The molecule has 0 saturated carbocycles. The zero-order valence-electron chi connectivity index (χ0n) is 11.4. The van der Waals surface area contributed by atoms with Crippen LogP contribution in [-0.2, 0) is 0 Å². The Bertz CT molecular complexity index is 747. The van der Waals surface area contributed by atoms with Gasteiger partial charge in [-0.2, -0.15) is 0 Å². The van der Waals surface area contributed by atoms with E-state index in [1.165, 1.54) is 0 Å². The molecular formula is C15H17N3Si. The SMILES string of the molecule is C[Si](C)(C)Nc1ccc2nc3ccccc3nc2c1. The van der Waals surface area contributed by atoms with E-state index in [4.69, 9.17) is 0 Å². The Morgan fingerprint density at radius 3 is 2.00 bits per heavy atom. The van der Waals surface area contributed by atoms with Gasteiger partial charge in [0.2, 0.25) is 0 Å². The Kier molecular flexibility index (Phi) is 2.75. The van der Waals surface area contributed by atoms with Crippen LogP contribution in [0.1, 0.15) is 0 Å². The highest BCUT2D eigenvalue weighted by Crippen LogP contribution is 2.21. The number of nitrogens with one attached hydrogen (secondary N) is 1. The molecule has 0 atom stereocenters. The molecule has 4 heteroatoms. The fourth-order valence-corrected chi connectivity index (χ4v) is 3.15. The van der Waals surface area contributed by atoms with Gasteiger partial charge in [0.1, 0.15) is 8.24 Å². The van der Waals surface area contributed by atoms with Gasteiger partial charge in [-0.05, 0) is 30.3 Å². The third-order valence-corrected chi connectivity index (χ3v) is 3.90. The number of aromatic nitrogens is 2. The number of benzene rings is 2. The summed E-state index contributed by atoms with van der Waals surface area (Å²) in [5, 5.41) is 0. The summed E-state index contributed by atoms with van der Waals surface area (Å²) < 4.78 is 0. The van der Waals surface area contributed by atoms with Crippen LogP contribution >= 0.6 is 0 Å². The first kappa shape index (κ1) is 12.1. The van der Waals surface area contributed by atoms with Gasteiger partial charge < -0.3 is 4.98 Å². The Balaban J connectivity index is 2.14. The minimum absolute atomic E-state index is 0.944. The van der Waals surface area contributed by atoms with Gasteiger partial charge in [0.05, 0.1) is 22.1 Å². The van der Waals surface area contributed by atoms with E-state index in [1.807, 2.05) is 30.3 Å². The predicted molar refractivity (Wildman–Crippen MR) is 84.0 cm³/mol. The summed E-state index contributed by atoms with van der Waals surface area (Å²) in [5.74, 6) is 0. The van der Waals surface area contributed by atoms with E-state index in [0.29, 0.717) is 0 Å². The van der Waals surface area contributed by atoms with Crippen LogP contribution in [0.15, 0.2) is 42.5 Å². The Morgan fingerprint density at radius 1 is 0.789 bits per heavy atom. The van der Waals surface area contributed by atoms with E-state index in [2.05, 4.69) is 46.7 Å². The highest BCUT2D eigenvalue weighted by atomic mass is 28.3. The molecular weight excluding hydrogens is 250 g/mol. The van der Waals surface area contributed by atoms with Gasteiger partial charge in [0, 0.05) is 5.69 Å². The van der Waals surface area contributed by atoms with Crippen molar-refractivity contribution in [1.82, 2.24) is 9.97 Å². The first-order chi connectivity index (χ1) is 9.01. The number of para-hydroxylation sites is 2. The number of nitrogens with zero attached hydrogens (tertiary/aromatic N) is 2. The van der Waals surface area contributed by atoms with E-state index in [0.717, 1.165) is 27.8 Å². The highest BCUT2D eigenvalue weighted by molar-refractivity contribution is 6.79. The number of rotatable bonds is 2. The smallest absolute Gasteiger partial charge is 0.144 e. The van der Waals surface area contributed by atoms with Crippen LogP contribution in [0.2, 0.25) is 19.6 Å². The average molecular weight is 267 g/mol. The standard InChI is InChI=1S/C15H17N3Si/c1-19(2,3)18-11-8-9-14-15(10-11)17-13-7-5-4-6-12(13)16-14/h4-10,18H,1-3H3. The summed E-state index contributed by atoms with van der Waals surface area (Å²) in [6, 6.07) is 14.2. The molecule has 0 amide bonds. The maximum atomic E-state index is 4.68. The largest absolute Gasteiger partial charge is 0.411 e. The maximum absolute atomic E-state index is 4.68. The molecule has 3 nitrogen and oxygen atoms in total. The van der Waals surface area contributed by atoms with Crippen molar-refractivity contribution in [3.8, 4) is 0 Å². The lowest BCUT2D eigenvalue weighted by Crippen LogP contribution is -2.32. The Hall–Kier alpha value is -1.94. The topological polar surface area (TPSA) is 37.8 Å². The van der Waals surface area contributed by atoms with Gasteiger partial charge in [0.15, 0.2) is 0 Å². The Morgan fingerprint density at radius 2 is 1.37 bits per heavy atom. The summed E-state index contributed by atoms with van der Waals surface area (Å²) in [6.07, 6.45) is 0. The first-order valence-corrected chi connectivity index (χ1v) is 9.96. The van der Waals surface area contributed by atoms with Crippen molar-refractivity contribution < 1.29 is 0 Å².